The first-order chi connectivity index (χ1) is 10.2. The van der Waals surface area contributed by atoms with Crippen LogP contribution in [-0.4, -0.2) is 29.6 Å². The number of carbonyl (C=O) groups is 1. The lowest BCUT2D eigenvalue weighted by Crippen LogP contribution is -2.54. The molecular formula is C15H18ClN3O3. The van der Waals surface area contributed by atoms with E-state index >= 15 is 0 Å². The molecule has 0 atom stereocenters. The molecule has 0 unspecified atom stereocenters. The lowest BCUT2D eigenvalue weighted by molar-refractivity contribution is -0.124. The molecule has 6 nitrogen and oxygen atoms in total. The Morgan fingerprint density at radius 2 is 2.09 bits per heavy atom. The topological polar surface area (TPSA) is 90.4 Å². The molecule has 7 heteroatoms. The molecule has 1 fully saturated rings. The summed E-state index contributed by atoms with van der Waals surface area (Å²) in [6, 6.07) is 7.39. The highest BCUT2D eigenvalue weighted by Crippen LogP contribution is 2.24. The number of nitrogens with one attached hydrogen (secondary N) is 1. The van der Waals surface area contributed by atoms with Gasteiger partial charge in [0.25, 0.3) is 0 Å². The highest BCUT2D eigenvalue weighted by molar-refractivity contribution is 5.98. The van der Waals surface area contributed by atoms with Crippen molar-refractivity contribution in [1.29, 1.82) is 0 Å². The second kappa shape index (κ2) is 6.91. The van der Waals surface area contributed by atoms with E-state index in [0.717, 1.165) is 5.56 Å². The van der Waals surface area contributed by atoms with E-state index in [2.05, 4.69) is 10.3 Å². The highest BCUT2D eigenvalue weighted by atomic mass is 35.5. The number of carbonyl (C=O) groups excluding carboxylic acids is 1. The molecule has 1 aliphatic heterocycles. The number of halogens is 1. The third-order valence-corrected chi connectivity index (χ3v) is 3.67. The normalized spacial score (nSPS) is 16.6. The van der Waals surface area contributed by atoms with Gasteiger partial charge >= 0.3 is 0 Å². The Morgan fingerprint density at radius 1 is 1.32 bits per heavy atom. The maximum atomic E-state index is 12.4. The minimum absolute atomic E-state index is 0. The van der Waals surface area contributed by atoms with Crippen molar-refractivity contribution in [2.24, 2.45) is 5.73 Å². The van der Waals surface area contributed by atoms with E-state index in [0.29, 0.717) is 37.5 Å². The summed E-state index contributed by atoms with van der Waals surface area (Å²) in [6.07, 6.45) is 4.06. The number of rotatable bonds is 3. The summed E-state index contributed by atoms with van der Waals surface area (Å²) in [5.74, 6) is 0.472. The van der Waals surface area contributed by atoms with Crippen molar-refractivity contribution in [3.8, 4) is 11.3 Å². The molecule has 1 aliphatic rings. The number of benzene rings is 1. The number of ether oxygens (including phenoxy) is 1. The Kier molecular flexibility index (Phi) is 5.18. The average Bonchev–Trinajstić information content (AvgIpc) is 3.02. The van der Waals surface area contributed by atoms with E-state index in [1.54, 1.807) is 6.20 Å². The van der Waals surface area contributed by atoms with Crippen LogP contribution in [0.1, 0.15) is 12.8 Å². The fourth-order valence-electron chi connectivity index (χ4n) is 2.33. The van der Waals surface area contributed by atoms with Gasteiger partial charge < -0.3 is 20.2 Å². The highest BCUT2D eigenvalue weighted by Gasteiger charge is 2.35. The summed E-state index contributed by atoms with van der Waals surface area (Å²) >= 11 is 0. The molecule has 0 spiro atoms. The van der Waals surface area contributed by atoms with Crippen LogP contribution in [0.25, 0.3) is 11.3 Å². The summed E-state index contributed by atoms with van der Waals surface area (Å²) in [4.78, 5) is 16.2. The summed E-state index contributed by atoms with van der Waals surface area (Å²) in [6.45, 7) is 1.03. The first-order valence-electron chi connectivity index (χ1n) is 6.84. The maximum absolute atomic E-state index is 12.4. The van der Waals surface area contributed by atoms with Crippen LogP contribution in [0.4, 0.5) is 5.69 Å². The third-order valence-electron chi connectivity index (χ3n) is 3.67. The van der Waals surface area contributed by atoms with Crippen LogP contribution in [0.2, 0.25) is 0 Å². The van der Waals surface area contributed by atoms with Gasteiger partial charge in [0.15, 0.2) is 12.2 Å². The van der Waals surface area contributed by atoms with Crippen molar-refractivity contribution < 1.29 is 13.9 Å². The van der Waals surface area contributed by atoms with Gasteiger partial charge in [-0.15, -0.1) is 12.4 Å². The van der Waals surface area contributed by atoms with Gasteiger partial charge in [-0.3, -0.25) is 4.79 Å². The third kappa shape index (κ3) is 3.47. The molecule has 1 amide bonds. The molecule has 0 bridgehead atoms. The van der Waals surface area contributed by atoms with E-state index < -0.39 is 5.54 Å². The van der Waals surface area contributed by atoms with Crippen molar-refractivity contribution in [3.63, 3.8) is 0 Å². The standard InChI is InChI=1S/C15H17N3O3.ClH/c16-15(4-6-20-7-5-15)14(19)18-12-3-1-2-11(8-12)13-9-17-10-21-13;/h1-3,8-10H,4-7,16H2,(H,18,19);1H. The summed E-state index contributed by atoms with van der Waals surface area (Å²) in [7, 11) is 0. The van der Waals surface area contributed by atoms with Crippen LogP contribution in [0.15, 0.2) is 41.3 Å². The number of nitrogens with zero attached hydrogens (tertiary/aromatic N) is 1. The van der Waals surface area contributed by atoms with E-state index in [1.165, 1.54) is 6.39 Å². The molecule has 2 aromatic rings. The number of nitrogens with two attached hydrogens (primary N) is 1. The van der Waals surface area contributed by atoms with Crippen LogP contribution in [-0.2, 0) is 9.53 Å². The fourth-order valence-corrected chi connectivity index (χ4v) is 2.33. The molecular weight excluding hydrogens is 306 g/mol. The van der Waals surface area contributed by atoms with E-state index in [1.807, 2.05) is 24.3 Å². The SMILES string of the molecule is Cl.NC1(C(=O)Nc2cccc(-c3cnco3)c2)CCOCC1. The van der Waals surface area contributed by atoms with Gasteiger partial charge in [-0.1, -0.05) is 12.1 Å². The summed E-state index contributed by atoms with van der Waals surface area (Å²) in [5.41, 5.74) is 6.84. The zero-order valence-corrected chi connectivity index (χ0v) is 12.8. The van der Waals surface area contributed by atoms with E-state index in [4.69, 9.17) is 14.9 Å². The summed E-state index contributed by atoms with van der Waals surface area (Å²) < 4.78 is 10.5. The monoisotopic (exact) mass is 323 g/mol. The number of hydrogen-bond donors (Lipinski definition) is 2. The Morgan fingerprint density at radius 3 is 2.77 bits per heavy atom. The largest absolute Gasteiger partial charge is 0.444 e. The zero-order valence-electron chi connectivity index (χ0n) is 12.0. The Hall–Kier alpha value is -1.89. The van der Waals surface area contributed by atoms with Crippen LogP contribution in [0.3, 0.4) is 0 Å². The van der Waals surface area contributed by atoms with Gasteiger partial charge in [0.2, 0.25) is 5.91 Å². The minimum Gasteiger partial charge on any atom is -0.444 e. The molecule has 0 aliphatic carbocycles. The van der Waals surface area contributed by atoms with Gasteiger partial charge in [0.1, 0.15) is 5.54 Å². The molecule has 0 radical (unpaired) electrons. The van der Waals surface area contributed by atoms with Gasteiger partial charge in [0.05, 0.1) is 6.20 Å². The summed E-state index contributed by atoms with van der Waals surface area (Å²) in [5, 5.41) is 2.87. The van der Waals surface area contributed by atoms with Crippen LogP contribution < -0.4 is 11.1 Å². The Bertz CT molecular complexity index is 625. The number of hydrogen-bond acceptors (Lipinski definition) is 5. The zero-order chi connectivity index (χ0) is 14.7. The molecule has 118 valence electrons. The van der Waals surface area contributed by atoms with Crippen molar-refractivity contribution >= 4 is 24.0 Å². The van der Waals surface area contributed by atoms with E-state index in [-0.39, 0.29) is 18.3 Å². The fraction of sp³-hybridized carbons (Fsp3) is 0.333. The number of oxazole rings is 1. The minimum atomic E-state index is -0.861. The van der Waals surface area contributed by atoms with Crippen LogP contribution >= 0.6 is 12.4 Å². The quantitative estimate of drug-likeness (QED) is 0.903. The van der Waals surface area contributed by atoms with Gasteiger partial charge in [-0.25, -0.2) is 4.98 Å². The molecule has 0 saturated carbocycles. The van der Waals surface area contributed by atoms with Crippen LogP contribution in [0.5, 0.6) is 0 Å². The first-order valence-corrected chi connectivity index (χ1v) is 6.84. The Balaban J connectivity index is 0.00000176. The van der Waals surface area contributed by atoms with Gasteiger partial charge in [-0.05, 0) is 25.0 Å². The first kappa shape index (κ1) is 16.5. The second-order valence-corrected chi connectivity index (χ2v) is 5.17. The van der Waals surface area contributed by atoms with Crippen molar-refractivity contribution in [3.05, 3.63) is 36.9 Å². The molecule has 3 rings (SSSR count). The van der Waals surface area contributed by atoms with E-state index in [9.17, 15) is 4.79 Å². The van der Waals surface area contributed by atoms with Crippen molar-refractivity contribution in [2.45, 2.75) is 18.4 Å². The molecule has 1 saturated heterocycles. The number of anilines is 1. The van der Waals surface area contributed by atoms with Crippen molar-refractivity contribution in [1.82, 2.24) is 4.98 Å². The second-order valence-electron chi connectivity index (χ2n) is 5.17. The molecule has 1 aromatic heterocycles. The molecule has 1 aromatic carbocycles. The smallest absolute Gasteiger partial charge is 0.244 e. The molecule has 3 N–H and O–H groups in total. The lowest BCUT2D eigenvalue weighted by atomic mass is 9.90. The average molecular weight is 324 g/mol. The number of amides is 1. The molecule has 2 heterocycles. The predicted octanol–water partition coefficient (Wildman–Crippen LogP) is 2.21. The molecule has 22 heavy (non-hydrogen) atoms. The maximum Gasteiger partial charge on any atom is 0.244 e. The lowest BCUT2D eigenvalue weighted by Gasteiger charge is -2.31. The number of aromatic nitrogens is 1. The predicted molar refractivity (Wildman–Crippen MR) is 84.8 cm³/mol. The van der Waals surface area contributed by atoms with Crippen LogP contribution in [0, 0.1) is 0 Å². The van der Waals surface area contributed by atoms with Crippen molar-refractivity contribution in [2.75, 3.05) is 18.5 Å². The van der Waals surface area contributed by atoms with Gasteiger partial charge in [0, 0.05) is 24.5 Å². The van der Waals surface area contributed by atoms with Gasteiger partial charge in [-0.2, -0.15) is 0 Å². The Labute approximate surface area is 134 Å².